The lowest BCUT2D eigenvalue weighted by Crippen LogP contribution is -2.61. The molecule has 0 aromatic heterocycles. The molecule has 4 saturated carbocycles. The third kappa shape index (κ3) is 4.05. The molecule has 0 aliphatic heterocycles. The van der Waals surface area contributed by atoms with Gasteiger partial charge < -0.3 is 14.8 Å². The molecule has 0 radical (unpaired) electrons. The van der Waals surface area contributed by atoms with Crippen LogP contribution in [0.2, 0.25) is 0 Å². The number of carbonyl (C=O) groups excluding carboxylic acids is 2. The van der Waals surface area contributed by atoms with Crippen molar-refractivity contribution in [3.05, 3.63) is 23.8 Å². The van der Waals surface area contributed by atoms with E-state index in [-0.39, 0.29) is 27.7 Å². The molecule has 0 heterocycles. The Morgan fingerprint density at radius 1 is 1.13 bits per heavy atom. The first kappa shape index (κ1) is 21.1. The zero-order valence-electron chi connectivity index (χ0n) is 17.2. The van der Waals surface area contributed by atoms with Crippen molar-refractivity contribution in [1.29, 1.82) is 0 Å². The minimum atomic E-state index is -4.00. The molecule has 30 heavy (non-hydrogen) atoms. The van der Waals surface area contributed by atoms with Gasteiger partial charge in [0.05, 0.1) is 12.0 Å². The molecule has 9 heteroatoms. The Balaban J connectivity index is 1.45. The Morgan fingerprint density at radius 2 is 1.70 bits per heavy atom. The van der Waals surface area contributed by atoms with E-state index in [9.17, 15) is 18.0 Å². The summed E-state index contributed by atoms with van der Waals surface area (Å²) in [5.41, 5.74) is -0.281. The van der Waals surface area contributed by atoms with Crippen molar-refractivity contribution in [3.63, 3.8) is 0 Å². The van der Waals surface area contributed by atoms with Gasteiger partial charge in [0.15, 0.2) is 6.10 Å². The number of rotatable bonds is 6. The zero-order chi connectivity index (χ0) is 21.7. The molecule has 4 fully saturated rings. The first-order valence-electron chi connectivity index (χ1n) is 10.3. The number of hydrogen-bond donors (Lipinski definition) is 2. The number of nitrogens with two attached hydrogens (primary N) is 1. The summed E-state index contributed by atoms with van der Waals surface area (Å²) < 4.78 is 33.7. The second-order valence-electron chi connectivity index (χ2n) is 9.14. The summed E-state index contributed by atoms with van der Waals surface area (Å²) in [7, 11) is -2.65. The topological polar surface area (TPSA) is 125 Å². The smallest absolute Gasteiger partial charge is 0.342 e. The second kappa shape index (κ2) is 7.53. The Labute approximate surface area is 176 Å². The van der Waals surface area contributed by atoms with Crippen LogP contribution in [-0.4, -0.2) is 39.0 Å². The van der Waals surface area contributed by atoms with Crippen LogP contribution in [0.25, 0.3) is 0 Å². The number of hydrogen-bond acceptors (Lipinski definition) is 6. The Morgan fingerprint density at radius 3 is 2.20 bits per heavy atom. The fourth-order valence-electron chi connectivity index (χ4n) is 5.93. The van der Waals surface area contributed by atoms with Gasteiger partial charge in [-0.2, -0.15) is 0 Å². The first-order chi connectivity index (χ1) is 14.1. The van der Waals surface area contributed by atoms with Gasteiger partial charge in [-0.25, -0.2) is 18.4 Å². The molecule has 4 aliphatic rings. The molecular formula is C21H28N2O6S. The van der Waals surface area contributed by atoms with E-state index in [0.29, 0.717) is 17.8 Å². The van der Waals surface area contributed by atoms with Gasteiger partial charge in [0.25, 0.3) is 5.91 Å². The van der Waals surface area contributed by atoms with Crippen molar-refractivity contribution in [1.82, 2.24) is 5.32 Å². The number of sulfonamides is 1. The Kier molecular flexibility index (Phi) is 5.30. The molecule has 3 N–H and O–H groups in total. The van der Waals surface area contributed by atoms with Gasteiger partial charge in [-0.1, -0.05) is 0 Å². The number of nitrogens with one attached hydrogen (secondary N) is 1. The van der Waals surface area contributed by atoms with Gasteiger partial charge in [0.1, 0.15) is 11.3 Å². The fourth-order valence-corrected chi connectivity index (χ4v) is 6.47. The van der Waals surface area contributed by atoms with Crippen LogP contribution in [0, 0.1) is 17.8 Å². The van der Waals surface area contributed by atoms with Crippen molar-refractivity contribution >= 4 is 21.9 Å². The lowest BCUT2D eigenvalue weighted by molar-refractivity contribution is -0.134. The van der Waals surface area contributed by atoms with Crippen LogP contribution in [0.5, 0.6) is 5.75 Å². The van der Waals surface area contributed by atoms with Crippen LogP contribution in [0.1, 0.15) is 55.8 Å². The van der Waals surface area contributed by atoms with E-state index in [0.717, 1.165) is 25.3 Å². The number of esters is 1. The van der Waals surface area contributed by atoms with Crippen LogP contribution in [0.3, 0.4) is 0 Å². The van der Waals surface area contributed by atoms with E-state index in [1.54, 1.807) is 0 Å². The molecule has 4 bridgehead atoms. The number of primary sulfonamides is 1. The molecule has 0 unspecified atom stereocenters. The summed E-state index contributed by atoms with van der Waals surface area (Å²) >= 11 is 0. The van der Waals surface area contributed by atoms with E-state index in [4.69, 9.17) is 14.6 Å². The van der Waals surface area contributed by atoms with Crippen LogP contribution in [0.15, 0.2) is 23.1 Å². The molecule has 0 saturated heterocycles. The maximum absolute atomic E-state index is 12.8. The van der Waals surface area contributed by atoms with Gasteiger partial charge in [-0.3, -0.25) is 4.79 Å². The Bertz CT molecular complexity index is 938. The van der Waals surface area contributed by atoms with E-state index in [1.165, 1.54) is 45.4 Å². The maximum atomic E-state index is 12.8. The molecule has 164 valence electrons. The highest BCUT2D eigenvalue weighted by Gasteiger charge is 2.51. The lowest BCUT2D eigenvalue weighted by Gasteiger charge is -2.57. The predicted molar refractivity (Wildman–Crippen MR) is 108 cm³/mol. The molecule has 4 aliphatic carbocycles. The van der Waals surface area contributed by atoms with Crippen molar-refractivity contribution in [2.45, 2.75) is 62.0 Å². The summed E-state index contributed by atoms with van der Waals surface area (Å²) in [5, 5.41) is 8.33. The van der Waals surface area contributed by atoms with Crippen LogP contribution < -0.4 is 15.2 Å². The number of amides is 1. The summed E-state index contributed by atoms with van der Waals surface area (Å²) in [5.74, 6) is 1.01. The molecule has 1 aromatic rings. The van der Waals surface area contributed by atoms with E-state index in [2.05, 4.69) is 5.32 Å². The predicted octanol–water partition coefficient (Wildman–Crippen LogP) is 1.97. The fraction of sp³-hybridized carbons (Fsp3) is 0.619. The molecule has 1 aromatic carbocycles. The number of benzene rings is 1. The van der Waals surface area contributed by atoms with Crippen molar-refractivity contribution < 1.29 is 27.5 Å². The summed E-state index contributed by atoms with van der Waals surface area (Å²) in [6, 6.07) is 3.67. The van der Waals surface area contributed by atoms with Crippen molar-refractivity contribution in [3.8, 4) is 5.75 Å². The SMILES string of the molecule is COc1ccc(S(N)(=O)=O)cc1C(=O)O[C@H](C)C(=O)NC12CC3CC(CC(C3)C1)C2. The number of methoxy groups -OCH3 is 1. The van der Waals surface area contributed by atoms with Gasteiger partial charge in [-0.15, -0.1) is 0 Å². The quantitative estimate of drug-likeness (QED) is 0.657. The largest absolute Gasteiger partial charge is 0.496 e. The summed E-state index contributed by atoms with van der Waals surface area (Å²) in [4.78, 5) is 25.3. The average molecular weight is 437 g/mol. The van der Waals surface area contributed by atoms with Gasteiger partial charge >= 0.3 is 5.97 Å². The zero-order valence-corrected chi connectivity index (χ0v) is 18.0. The molecule has 1 amide bonds. The van der Waals surface area contributed by atoms with E-state index < -0.39 is 22.1 Å². The monoisotopic (exact) mass is 436 g/mol. The highest BCUT2D eigenvalue weighted by atomic mass is 32.2. The van der Waals surface area contributed by atoms with Crippen LogP contribution in [0.4, 0.5) is 0 Å². The van der Waals surface area contributed by atoms with Crippen molar-refractivity contribution in [2.75, 3.05) is 7.11 Å². The molecule has 5 rings (SSSR count). The van der Waals surface area contributed by atoms with Crippen LogP contribution >= 0.6 is 0 Å². The average Bonchev–Trinajstić information content (AvgIpc) is 2.65. The Hall–Kier alpha value is -2.13. The summed E-state index contributed by atoms with van der Waals surface area (Å²) in [6.45, 7) is 1.52. The van der Waals surface area contributed by atoms with Gasteiger partial charge in [-0.05, 0) is 81.4 Å². The first-order valence-corrected chi connectivity index (χ1v) is 11.9. The number of carbonyl (C=O) groups is 2. The van der Waals surface area contributed by atoms with Crippen molar-refractivity contribution in [2.24, 2.45) is 22.9 Å². The second-order valence-corrected chi connectivity index (χ2v) is 10.7. The molecule has 1 atom stereocenters. The highest BCUT2D eigenvalue weighted by molar-refractivity contribution is 7.89. The van der Waals surface area contributed by atoms with Gasteiger partial charge in [0, 0.05) is 5.54 Å². The maximum Gasteiger partial charge on any atom is 0.342 e. The van der Waals surface area contributed by atoms with E-state index >= 15 is 0 Å². The minimum absolute atomic E-state index is 0.0986. The van der Waals surface area contributed by atoms with Gasteiger partial charge in [0.2, 0.25) is 10.0 Å². The third-order valence-electron chi connectivity index (χ3n) is 6.80. The number of ether oxygens (including phenoxy) is 2. The van der Waals surface area contributed by atoms with E-state index in [1.807, 2.05) is 0 Å². The lowest BCUT2D eigenvalue weighted by atomic mass is 9.53. The minimum Gasteiger partial charge on any atom is -0.496 e. The van der Waals surface area contributed by atoms with Crippen LogP contribution in [-0.2, 0) is 19.6 Å². The molecule has 8 nitrogen and oxygen atoms in total. The normalized spacial score (nSPS) is 30.6. The highest BCUT2D eigenvalue weighted by Crippen LogP contribution is 2.55. The standard InChI is InChI=1S/C21H28N2O6S/c1-12(19(24)23-21-9-13-5-14(10-21)7-15(6-13)11-21)29-20(25)17-8-16(30(22,26)27)3-4-18(17)28-2/h3-4,8,12-15H,5-7,9-11H2,1-2H3,(H,23,24)(H2,22,26,27)/t12-,13?,14?,15?,21?/m1/s1. The third-order valence-corrected chi connectivity index (χ3v) is 7.71. The summed E-state index contributed by atoms with van der Waals surface area (Å²) in [6.07, 6.45) is 5.76. The molecule has 0 spiro atoms. The molecular weight excluding hydrogens is 408 g/mol.